The molecule has 0 aliphatic rings. The normalized spacial score (nSPS) is 12.1. The van der Waals surface area contributed by atoms with Gasteiger partial charge >= 0.3 is 0 Å². The number of nitrogens with zero attached hydrogens (tertiary/aromatic N) is 4. The molecule has 7 heteroatoms. The van der Waals surface area contributed by atoms with Gasteiger partial charge in [-0.2, -0.15) is 5.10 Å². The molecule has 1 atom stereocenters. The Morgan fingerprint density at radius 1 is 1.00 bits per heavy atom. The maximum Gasteiger partial charge on any atom is 0.273 e. The fourth-order valence-electron chi connectivity index (χ4n) is 3.82. The van der Waals surface area contributed by atoms with Crippen molar-refractivity contribution in [1.29, 1.82) is 0 Å². The van der Waals surface area contributed by atoms with Crippen LogP contribution in [0.25, 0.3) is 0 Å². The maximum atomic E-state index is 12.8. The van der Waals surface area contributed by atoms with Gasteiger partial charge in [-0.3, -0.25) is 9.89 Å². The van der Waals surface area contributed by atoms with Gasteiger partial charge < -0.3 is 5.32 Å². The van der Waals surface area contributed by atoms with Crippen molar-refractivity contribution in [2.24, 2.45) is 0 Å². The molecule has 1 amide bonds. The molecule has 2 aromatic carbocycles. The van der Waals surface area contributed by atoms with E-state index in [1.54, 1.807) is 10.9 Å². The van der Waals surface area contributed by atoms with Crippen LogP contribution in [0.3, 0.4) is 0 Å². The number of rotatable bonds is 6. The molecule has 0 unspecified atom stereocenters. The van der Waals surface area contributed by atoms with E-state index < -0.39 is 0 Å². The molecule has 0 saturated heterocycles. The Morgan fingerprint density at radius 2 is 1.60 bits per heavy atom. The summed E-state index contributed by atoms with van der Waals surface area (Å²) in [6.45, 7) is 5.80. The van der Waals surface area contributed by atoms with E-state index in [0.29, 0.717) is 0 Å². The molecule has 2 N–H and O–H groups in total. The van der Waals surface area contributed by atoms with Gasteiger partial charge in [-0.25, -0.2) is 4.68 Å². The van der Waals surface area contributed by atoms with Gasteiger partial charge in [0.1, 0.15) is 6.04 Å². The third kappa shape index (κ3) is 3.87. The summed E-state index contributed by atoms with van der Waals surface area (Å²) in [5, 5.41) is 18.6. The zero-order chi connectivity index (χ0) is 21.1. The molecule has 0 fully saturated rings. The lowest BCUT2D eigenvalue weighted by atomic mass is 9.99. The first-order valence-electron chi connectivity index (χ1n) is 9.88. The first kappa shape index (κ1) is 19.6. The van der Waals surface area contributed by atoms with E-state index in [9.17, 15) is 4.79 Å². The van der Waals surface area contributed by atoms with Gasteiger partial charge in [-0.05, 0) is 31.9 Å². The van der Waals surface area contributed by atoms with Crippen molar-refractivity contribution in [3.05, 3.63) is 101 Å². The summed E-state index contributed by atoms with van der Waals surface area (Å²) in [5.41, 5.74) is 5.21. The predicted molar refractivity (Wildman–Crippen MR) is 114 cm³/mol. The molecular formula is C23H24N6O. The zero-order valence-corrected chi connectivity index (χ0v) is 17.2. The van der Waals surface area contributed by atoms with Crippen LogP contribution in [-0.4, -0.2) is 31.1 Å². The molecule has 0 spiro atoms. The summed E-state index contributed by atoms with van der Waals surface area (Å²) in [6.07, 6.45) is 1.70. The summed E-state index contributed by atoms with van der Waals surface area (Å²) in [7, 11) is 0. The molecule has 4 aromatic rings. The minimum Gasteiger partial charge on any atom is -0.344 e. The molecular weight excluding hydrogens is 376 g/mol. The highest BCUT2D eigenvalue weighted by molar-refractivity contribution is 5.92. The van der Waals surface area contributed by atoms with Crippen LogP contribution in [0.4, 0.5) is 0 Å². The lowest BCUT2D eigenvalue weighted by Gasteiger charge is -2.18. The van der Waals surface area contributed by atoms with Crippen LogP contribution in [0.1, 0.15) is 57.6 Å². The molecule has 0 saturated carbocycles. The second-order valence-electron chi connectivity index (χ2n) is 7.35. The van der Waals surface area contributed by atoms with E-state index in [1.807, 2.05) is 81.4 Å². The van der Waals surface area contributed by atoms with Gasteiger partial charge in [-0.15, -0.1) is 5.10 Å². The van der Waals surface area contributed by atoms with Crippen molar-refractivity contribution in [1.82, 2.24) is 30.5 Å². The number of hydrogen-bond acceptors (Lipinski definition) is 4. The predicted octanol–water partition coefficient (Wildman–Crippen LogP) is 3.75. The summed E-state index contributed by atoms with van der Waals surface area (Å²) in [4.78, 5) is 12.8. The Bertz CT molecular complexity index is 1070. The number of hydrogen-bond donors (Lipinski definition) is 2. The molecule has 7 nitrogen and oxygen atoms in total. The van der Waals surface area contributed by atoms with Gasteiger partial charge in [0, 0.05) is 11.3 Å². The summed E-state index contributed by atoms with van der Waals surface area (Å²) < 4.78 is 1.73. The van der Waals surface area contributed by atoms with Crippen LogP contribution in [0.2, 0.25) is 0 Å². The van der Waals surface area contributed by atoms with Crippen LogP contribution in [0.15, 0.2) is 66.9 Å². The lowest BCUT2D eigenvalue weighted by molar-refractivity contribution is 0.0934. The number of nitrogens with one attached hydrogen (secondary N) is 2. The third-order valence-corrected chi connectivity index (χ3v) is 5.20. The Labute approximate surface area is 175 Å². The Hall–Kier alpha value is -3.74. The average molecular weight is 400 g/mol. The largest absolute Gasteiger partial charge is 0.344 e. The maximum absolute atomic E-state index is 12.8. The first-order chi connectivity index (χ1) is 14.5. The Balaban J connectivity index is 1.60. The quantitative estimate of drug-likeness (QED) is 0.516. The topological polar surface area (TPSA) is 88.5 Å². The van der Waals surface area contributed by atoms with E-state index in [1.165, 1.54) is 0 Å². The van der Waals surface area contributed by atoms with E-state index in [-0.39, 0.29) is 23.7 Å². The average Bonchev–Trinajstić information content (AvgIpc) is 3.37. The monoisotopic (exact) mass is 400 g/mol. The molecule has 2 aromatic heterocycles. The van der Waals surface area contributed by atoms with E-state index in [4.69, 9.17) is 0 Å². The minimum absolute atomic E-state index is 0.169. The van der Waals surface area contributed by atoms with Crippen molar-refractivity contribution < 1.29 is 4.79 Å². The van der Waals surface area contributed by atoms with Gasteiger partial charge in [0.2, 0.25) is 0 Å². The first-order valence-corrected chi connectivity index (χ1v) is 9.88. The van der Waals surface area contributed by atoms with Crippen molar-refractivity contribution in [3.63, 3.8) is 0 Å². The molecule has 2 heterocycles. The number of H-pyrrole nitrogens is 1. The Kier molecular flexibility index (Phi) is 5.43. The van der Waals surface area contributed by atoms with Crippen LogP contribution in [-0.2, 0) is 0 Å². The molecule has 0 aliphatic carbocycles. The Morgan fingerprint density at radius 3 is 2.13 bits per heavy atom. The molecule has 0 bridgehead atoms. The molecule has 30 heavy (non-hydrogen) atoms. The van der Waals surface area contributed by atoms with Gasteiger partial charge in [0.25, 0.3) is 5.91 Å². The summed E-state index contributed by atoms with van der Waals surface area (Å²) >= 11 is 0. The number of carbonyl (C=O) groups is 1. The fraction of sp³-hybridized carbons (Fsp3) is 0.217. The van der Waals surface area contributed by atoms with Gasteiger partial charge in [0.15, 0.2) is 5.69 Å². The van der Waals surface area contributed by atoms with Crippen LogP contribution >= 0.6 is 0 Å². The SMILES string of the molecule is Cc1n[nH]c(C)c1[C@@H](C)NC(=O)c1cn(C(c2ccccc2)c2ccccc2)nn1. The zero-order valence-electron chi connectivity index (χ0n) is 17.2. The third-order valence-electron chi connectivity index (χ3n) is 5.20. The molecule has 0 aliphatic heterocycles. The highest BCUT2D eigenvalue weighted by Crippen LogP contribution is 2.26. The number of aromatic amines is 1. The fourth-order valence-corrected chi connectivity index (χ4v) is 3.82. The van der Waals surface area contributed by atoms with E-state index in [0.717, 1.165) is 28.1 Å². The second-order valence-corrected chi connectivity index (χ2v) is 7.35. The highest BCUT2D eigenvalue weighted by atomic mass is 16.2. The van der Waals surface area contributed by atoms with Gasteiger partial charge in [-0.1, -0.05) is 65.9 Å². The summed E-state index contributed by atoms with van der Waals surface area (Å²) in [6, 6.07) is 19.8. The van der Waals surface area contributed by atoms with Crippen molar-refractivity contribution in [2.75, 3.05) is 0 Å². The number of benzene rings is 2. The molecule has 0 radical (unpaired) electrons. The van der Waals surface area contributed by atoms with Crippen LogP contribution in [0, 0.1) is 13.8 Å². The molecule has 4 rings (SSSR count). The standard InChI is InChI=1S/C23H24N6O/c1-15(21-16(2)25-26-17(21)3)24-23(30)20-14-29(28-27-20)22(18-10-6-4-7-11-18)19-12-8-5-9-13-19/h4-15,22H,1-3H3,(H,24,30)(H,25,26)/t15-/m1/s1. The van der Waals surface area contributed by atoms with Crippen molar-refractivity contribution >= 4 is 5.91 Å². The molecule has 152 valence electrons. The second kappa shape index (κ2) is 8.32. The van der Waals surface area contributed by atoms with E-state index in [2.05, 4.69) is 25.8 Å². The van der Waals surface area contributed by atoms with Crippen molar-refractivity contribution in [3.8, 4) is 0 Å². The minimum atomic E-state index is -0.270. The summed E-state index contributed by atoms with van der Waals surface area (Å²) in [5.74, 6) is -0.270. The van der Waals surface area contributed by atoms with Crippen molar-refractivity contribution in [2.45, 2.75) is 32.9 Å². The number of aryl methyl sites for hydroxylation is 2. The smallest absolute Gasteiger partial charge is 0.273 e. The van der Waals surface area contributed by atoms with Crippen LogP contribution in [0.5, 0.6) is 0 Å². The number of aromatic nitrogens is 5. The van der Waals surface area contributed by atoms with Crippen LogP contribution < -0.4 is 5.32 Å². The highest BCUT2D eigenvalue weighted by Gasteiger charge is 2.22. The number of carbonyl (C=O) groups excluding carboxylic acids is 1. The van der Waals surface area contributed by atoms with Gasteiger partial charge in [0.05, 0.1) is 17.9 Å². The van der Waals surface area contributed by atoms with E-state index >= 15 is 0 Å². The lowest BCUT2D eigenvalue weighted by Crippen LogP contribution is -2.27. The number of amides is 1.